The van der Waals surface area contributed by atoms with Gasteiger partial charge in [0.05, 0.1) is 29.8 Å². The molecule has 166 valence electrons. The number of imidazole rings is 1. The largest absolute Gasteiger partial charge is 0.379 e. The number of rotatable bonds is 7. The number of amides is 1. The summed E-state index contributed by atoms with van der Waals surface area (Å²) in [5.74, 6) is 0.556. The van der Waals surface area contributed by atoms with Crippen molar-refractivity contribution < 1.29 is 9.53 Å². The van der Waals surface area contributed by atoms with Gasteiger partial charge in [0, 0.05) is 37.1 Å². The highest BCUT2D eigenvalue weighted by molar-refractivity contribution is 6.01. The van der Waals surface area contributed by atoms with Gasteiger partial charge in [0.25, 0.3) is 5.91 Å². The third kappa shape index (κ3) is 4.22. The zero-order chi connectivity index (χ0) is 21.9. The van der Waals surface area contributed by atoms with Crippen LogP contribution in [0.5, 0.6) is 0 Å². The van der Waals surface area contributed by atoms with E-state index in [9.17, 15) is 4.79 Å². The van der Waals surface area contributed by atoms with Crippen LogP contribution >= 0.6 is 0 Å². The van der Waals surface area contributed by atoms with Crippen molar-refractivity contribution in [3.05, 3.63) is 47.5 Å². The van der Waals surface area contributed by atoms with E-state index in [2.05, 4.69) is 37.5 Å². The summed E-state index contributed by atoms with van der Waals surface area (Å²) in [6.45, 7) is 5.47. The van der Waals surface area contributed by atoms with Crippen molar-refractivity contribution in [1.82, 2.24) is 30.4 Å². The third-order valence-corrected chi connectivity index (χ3v) is 5.77. The number of aromatic amines is 2. The maximum atomic E-state index is 12.5. The summed E-state index contributed by atoms with van der Waals surface area (Å²) in [6.07, 6.45) is 0.747. The van der Waals surface area contributed by atoms with Crippen LogP contribution in [0.1, 0.15) is 22.3 Å². The molecule has 3 heterocycles. The van der Waals surface area contributed by atoms with Crippen molar-refractivity contribution in [2.45, 2.75) is 13.0 Å². The van der Waals surface area contributed by atoms with E-state index < -0.39 is 0 Å². The molecule has 4 aromatic rings. The summed E-state index contributed by atoms with van der Waals surface area (Å²) in [4.78, 5) is 23.0. The van der Waals surface area contributed by atoms with Crippen molar-refractivity contribution in [2.24, 2.45) is 5.73 Å². The minimum absolute atomic E-state index is 0.120. The molecule has 0 spiro atoms. The smallest absolute Gasteiger partial charge is 0.251 e. The summed E-state index contributed by atoms with van der Waals surface area (Å²) in [5, 5.41) is 11.2. The monoisotopic (exact) mass is 433 g/mol. The second-order valence-electron chi connectivity index (χ2n) is 8.06. The van der Waals surface area contributed by atoms with E-state index in [1.807, 2.05) is 18.2 Å². The highest BCUT2D eigenvalue weighted by Crippen LogP contribution is 2.27. The van der Waals surface area contributed by atoms with E-state index in [0.717, 1.165) is 61.2 Å². The highest BCUT2D eigenvalue weighted by Gasteiger charge is 2.16. The molecule has 0 atom stereocenters. The molecule has 2 aromatic heterocycles. The van der Waals surface area contributed by atoms with Gasteiger partial charge >= 0.3 is 0 Å². The topological polar surface area (TPSA) is 125 Å². The van der Waals surface area contributed by atoms with Gasteiger partial charge in [0.1, 0.15) is 5.69 Å². The Morgan fingerprint density at radius 3 is 2.88 bits per heavy atom. The molecule has 0 bridgehead atoms. The lowest BCUT2D eigenvalue weighted by atomic mass is 10.1. The Morgan fingerprint density at radius 2 is 2.03 bits per heavy atom. The normalized spacial score (nSPS) is 14.9. The highest BCUT2D eigenvalue weighted by atomic mass is 16.5. The molecule has 32 heavy (non-hydrogen) atoms. The summed E-state index contributed by atoms with van der Waals surface area (Å²) < 4.78 is 5.44. The van der Waals surface area contributed by atoms with Crippen LogP contribution in [-0.4, -0.2) is 70.4 Å². The van der Waals surface area contributed by atoms with Crippen LogP contribution in [0.15, 0.2) is 36.4 Å². The number of carbonyl (C=O) groups is 1. The Labute approximate surface area is 185 Å². The standard InChI is InChI=1S/C23H27N7O2/c24-6-1-7-25-23(31)16-3-5-18-17(13-16)21(29-28-18)22-26-19-4-2-15(12-20(19)27-22)14-30-8-10-32-11-9-30/h2-5,12-13H,1,6-11,14,24H2,(H,25,31)(H,26,27)(H,28,29). The van der Waals surface area contributed by atoms with E-state index >= 15 is 0 Å². The minimum atomic E-state index is -0.120. The molecule has 0 radical (unpaired) electrons. The zero-order valence-corrected chi connectivity index (χ0v) is 17.9. The number of nitrogens with two attached hydrogens (primary N) is 1. The quantitative estimate of drug-likeness (QED) is 0.331. The summed E-state index contributed by atoms with van der Waals surface area (Å²) in [5.41, 5.74) is 10.7. The number of carbonyl (C=O) groups excluding carboxylic acids is 1. The minimum Gasteiger partial charge on any atom is -0.379 e. The number of hydrogen-bond acceptors (Lipinski definition) is 6. The van der Waals surface area contributed by atoms with E-state index in [0.29, 0.717) is 30.2 Å². The number of morpholine rings is 1. The fourth-order valence-corrected chi connectivity index (χ4v) is 4.03. The molecule has 0 unspecified atom stereocenters. The van der Waals surface area contributed by atoms with E-state index in [4.69, 9.17) is 15.5 Å². The fraction of sp³-hybridized carbons (Fsp3) is 0.348. The number of H-pyrrole nitrogens is 2. The molecule has 5 rings (SSSR count). The average molecular weight is 434 g/mol. The van der Waals surface area contributed by atoms with Gasteiger partial charge in [-0.2, -0.15) is 5.10 Å². The van der Waals surface area contributed by atoms with Gasteiger partial charge in [0.15, 0.2) is 5.82 Å². The van der Waals surface area contributed by atoms with Crippen LogP contribution in [0.2, 0.25) is 0 Å². The van der Waals surface area contributed by atoms with Crippen LogP contribution < -0.4 is 11.1 Å². The van der Waals surface area contributed by atoms with Crippen LogP contribution in [0.25, 0.3) is 33.5 Å². The van der Waals surface area contributed by atoms with Crippen molar-refractivity contribution >= 4 is 27.8 Å². The van der Waals surface area contributed by atoms with Crippen molar-refractivity contribution in [2.75, 3.05) is 39.4 Å². The molecule has 5 N–H and O–H groups in total. The molecule has 2 aromatic carbocycles. The number of ether oxygens (including phenoxy) is 1. The van der Waals surface area contributed by atoms with Gasteiger partial charge in [-0.15, -0.1) is 0 Å². The predicted octanol–water partition coefficient (Wildman–Crippen LogP) is 2.02. The maximum Gasteiger partial charge on any atom is 0.251 e. The number of nitrogens with zero attached hydrogens (tertiary/aromatic N) is 3. The molecule has 1 aliphatic rings. The number of aromatic nitrogens is 4. The number of nitrogens with one attached hydrogen (secondary N) is 3. The molecule has 0 aliphatic carbocycles. The SMILES string of the molecule is NCCCNC(=O)c1ccc2[nH]nc(-c3nc4ccc(CN5CCOCC5)cc4[nH]3)c2c1. The first kappa shape index (κ1) is 20.6. The second kappa shape index (κ2) is 9.07. The van der Waals surface area contributed by atoms with Crippen LogP contribution in [-0.2, 0) is 11.3 Å². The second-order valence-corrected chi connectivity index (χ2v) is 8.06. The van der Waals surface area contributed by atoms with Gasteiger partial charge < -0.3 is 20.8 Å². The molecule has 1 aliphatic heterocycles. The van der Waals surface area contributed by atoms with Gasteiger partial charge in [-0.05, 0) is 48.9 Å². The summed E-state index contributed by atoms with van der Waals surface area (Å²) in [7, 11) is 0. The Hall–Kier alpha value is -3.27. The lowest BCUT2D eigenvalue weighted by Crippen LogP contribution is -2.35. The molecule has 1 fully saturated rings. The Bertz CT molecular complexity index is 1240. The van der Waals surface area contributed by atoms with Crippen LogP contribution in [0.3, 0.4) is 0 Å². The Balaban J connectivity index is 1.41. The molecule has 0 saturated carbocycles. The van der Waals surface area contributed by atoms with Gasteiger partial charge in [-0.25, -0.2) is 4.98 Å². The first-order valence-corrected chi connectivity index (χ1v) is 11.0. The Kier molecular flexibility index (Phi) is 5.85. The maximum absolute atomic E-state index is 12.5. The molecular formula is C23H27N7O2. The fourth-order valence-electron chi connectivity index (χ4n) is 4.03. The van der Waals surface area contributed by atoms with E-state index in [1.165, 1.54) is 5.56 Å². The zero-order valence-electron chi connectivity index (χ0n) is 17.9. The van der Waals surface area contributed by atoms with Gasteiger partial charge in [-0.3, -0.25) is 14.8 Å². The van der Waals surface area contributed by atoms with Gasteiger partial charge in [0.2, 0.25) is 0 Å². The predicted molar refractivity (Wildman–Crippen MR) is 123 cm³/mol. The lowest BCUT2D eigenvalue weighted by molar-refractivity contribution is 0.0342. The lowest BCUT2D eigenvalue weighted by Gasteiger charge is -2.26. The molecule has 1 saturated heterocycles. The van der Waals surface area contributed by atoms with E-state index in [-0.39, 0.29) is 5.91 Å². The number of hydrogen-bond donors (Lipinski definition) is 4. The average Bonchev–Trinajstić information content (AvgIpc) is 3.43. The first-order valence-electron chi connectivity index (χ1n) is 11.0. The molecule has 9 heteroatoms. The van der Waals surface area contributed by atoms with Crippen molar-refractivity contribution in [3.63, 3.8) is 0 Å². The van der Waals surface area contributed by atoms with Gasteiger partial charge in [-0.1, -0.05) is 6.07 Å². The first-order chi connectivity index (χ1) is 15.7. The third-order valence-electron chi connectivity index (χ3n) is 5.77. The summed E-state index contributed by atoms with van der Waals surface area (Å²) in [6, 6.07) is 11.8. The van der Waals surface area contributed by atoms with Crippen LogP contribution in [0, 0.1) is 0 Å². The van der Waals surface area contributed by atoms with Crippen molar-refractivity contribution in [1.29, 1.82) is 0 Å². The molecular weight excluding hydrogens is 406 g/mol. The Morgan fingerprint density at radius 1 is 1.16 bits per heavy atom. The van der Waals surface area contributed by atoms with Crippen LogP contribution in [0.4, 0.5) is 0 Å². The van der Waals surface area contributed by atoms with E-state index in [1.54, 1.807) is 6.07 Å². The molecule has 1 amide bonds. The van der Waals surface area contributed by atoms with Crippen molar-refractivity contribution in [3.8, 4) is 11.5 Å². The number of fused-ring (bicyclic) bond motifs is 2. The summed E-state index contributed by atoms with van der Waals surface area (Å²) >= 11 is 0. The molecule has 9 nitrogen and oxygen atoms in total. The number of benzene rings is 2.